The van der Waals surface area contributed by atoms with E-state index in [1.807, 2.05) is 6.07 Å². The number of nitrogens with one attached hydrogen (secondary N) is 2. The van der Waals surface area contributed by atoms with E-state index in [-0.39, 0.29) is 11.9 Å². The molecule has 1 aromatic carbocycles. The highest BCUT2D eigenvalue weighted by Gasteiger charge is 2.30. The number of hydrogen-bond acceptors (Lipinski definition) is 7. The van der Waals surface area contributed by atoms with Gasteiger partial charge in [-0.15, -0.1) is 5.10 Å². The maximum absolute atomic E-state index is 12.4. The molecule has 0 saturated carbocycles. The molecule has 0 aliphatic carbocycles. The number of rotatable bonds is 6. The van der Waals surface area contributed by atoms with Crippen LogP contribution >= 0.6 is 11.8 Å². The molecule has 1 aliphatic heterocycles. The summed E-state index contributed by atoms with van der Waals surface area (Å²) in [6, 6.07) is 5.00. The molecule has 0 unspecified atom stereocenters. The normalized spacial score (nSPS) is 14.9. The van der Waals surface area contributed by atoms with Gasteiger partial charge in [0.15, 0.2) is 5.82 Å². The zero-order valence-electron chi connectivity index (χ0n) is 14.6. The predicted octanol–water partition coefficient (Wildman–Crippen LogP) is 1.52. The topological polar surface area (TPSA) is 109 Å². The molecular weight excluding hydrogens is 358 g/mol. The van der Waals surface area contributed by atoms with Gasteiger partial charge in [0.25, 0.3) is 0 Å². The number of hydrogen-bond donors (Lipinski definition) is 2. The van der Waals surface area contributed by atoms with Crippen LogP contribution in [0.4, 0.5) is 4.79 Å². The minimum Gasteiger partial charge on any atom is -0.497 e. The second-order valence-electron chi connectivity index (χ2n) is 5.51. The number of methoxy groups -OCH3 is 2. The third kappa shape index (κ3) is 3.59. The Bertz CT molecular complexity index is 825. The molecule has 2 aromatic rings. The quantitative estimate of drug-likeness (QED) is 0.735. The van der Waals surface area contributed by atoms with Gasteiger partial charge in [0.1, 0.15) is 11.5 Å². The highest BCUT2D eigenvalue weighted by atomic mass is 32.2. The summed E-state index contributed by atoms with van der Waals surface area (Å²) in [6.07, 6.45) is 0. The first kappa shape index (κ1) is 18.1. The third-order valence-electron chi connectivity index (χ3n) is 3.88. The van der Waals surface area contributed by atoms with E-state index in [2.05, 4.69) is 20.5 Å². The maximum atomic E-state index is 12.4. The smallest absolute Gasteiger partial charge is 0.324 e. The molecule has 1 aromatic heterocycles. The van der Waals surface area contributed by atoms with E-state index in [0.717, 1.165) is 5.56 Å². The van der Waals surface area contributed by atoms with Gasteiger partial charge >= 0.3 is 6.03 Å². The molecular formula is C16H19N5O4S. The van der Waals surface area contributed by atoms with Crippen molar-refractivity contribution in [3.8, 4) is 22.9 Å². The lowest BCUT2D eigenvalue weighted by molar-refractivity contribution is -0.126. The fraction of sp³-hybridized carbons (Fsp3) is 0.375. The standard InChI is InChI=1S/C16H19N5O4S/c1-9(14(22)21-7-6-17-16(21)23)26-15-18-13(19-20-15)11-5-4-10(24-2)8-12(11)25-3/h4-5,8-9H,6-7H2,1-3H3,(H,17,23)(H,18,19,20)/t9-/m0/s1. The van der Waals surface area contributed by atoms with Crippen molar-refractivity contribution in [1.82, 2.24) is 25.4 Å². The van der Waals surface area contributed by atoms with Gasteiger partial charge in [0.2, 0.25) is 11.1 Å². The van der Waals surface area contributed by atoms with E-state index < -0.39 is 5.25 Å². The van der Waals surface area contributed by atoms with Gasteiger partial charge in [-0.3, -0.25) is 14.8 Å². The van der Waals surface area contributed by atoms with Gasteiger partial charge in [-0.25, -0.2) is 9.78 Å². The number of aromatic nitrogens is 3. The summed E-state index contributed by atoms with van der Waals surface area (Å²) in [4.78, 5) is 29.6. The monoisotopic (exact) mass is 377 g/mol. The molecule has 1 atom stereocenters. The summed E-state index contributed by atoms with van der Waals surface area (Å²) in [6.45, 7) is 2.58. The Morgan fingerprint density at radius 3 is 2.81 bits per heavy atom. The van der Waals surface area contributed by atoms with Gasteiger partial charge in [0, 0.05) is 19.2 Å². The number of aromatic amines is 1. The van der Waals surface area contributed by atoms with Crippen molar-refractivity contribution in [2.45, 2.75) is 17.3 Å². The second-order valence-corrected chi connectivity index (χ2v) is 6.82. The summed E-state index contributed by atoms with van der Waals surface area (Å²) in [5, 5.41) is 9.54. The van der Waals surface area contributed by atoms with Crippen molar-refractivity contribution in [3.05, 3.63) is 18.2 Å². The number of ether oxygens (including phenoxy) is 2. The number of thioether (sulfide) groups is 1. The van der Waals surface area contributed by atoms with E-state index in [0.29, 0.717) is 35.6 Å². The zero-order chi connectivity index (χ0) is 18.7. The summed E-state index contributed by atoms with van der Waals surface area (Å²) in [5.41, 5.74) is 0.727. The van der Waals surface area contributed by atoms with Crippen LogP contribution in [0.15, 0.2) is 23.4 Å². The molecule has 10 heteroatoms. The Morgan fingerprint density at radius 1 is 1.35 bits per heavy atom. The number of benzene rings is 1. The molecule has 2 N–H and O–H groups in total. The number of urea groups is 1. The molecule has 0 radical (unpaired) electrons. The predicted molar refractivity (Wildman–Crippen MR) is 95.4 cm³/mol. The third-order valence-corrected chi connectivity index (χ3v) is 4.83. The minimum absolute atomic E-state index is 0.265. The fourth-order valence-electron chi connectivity index (χ4n) is 2.52. The lowest BCUT2D eigenvalue weighted by atomic mass is 10.2. The number of carbonyl (C=O) groups is 2. The average molecular weight is 377 g/mol. The Labute approximate surface area is 154 Å². The van der Waals surface area contributed by atoms with Crippen molar-refractivity contribution >= 4 is 23.7 Å². The summed E-state index contributed by atoms with van der Waals surface area (Å²) in [5.74, 6) is 1.52. The van der Waals surface area contributed by atoms with Crippen molar-refractivity contribution in [3.63, 3.8) is 0 Å². The largest absolute Gasteiger partial charge is 0.497 e. The first-order chi connectivity index (χ1) is 12.5. The second kappa shape index (κ2) is 7.65. The average Bonchev–Trinajstić information content (AvgIpc) is 3.29. The van der Waals surface area contributed by atoms with Crippen LogP contribution in [0.3, 0.4) is 0 Å². The van der Waals surface area contributed by atoms with Crippen LogP contribution in [0, 0.1) is 0 Å². The van der Waals surface area contributed by atoms with Crippen LogP contribution in [-0.4, -0.2) is 64.6 Å². The highest BCUT2D eigenvalue weighted by molar-refractivity contribution is 8.00. The molecule has 0 spiro atoms. The van der Waals surface area contributed by atoms with Crippen LogP contribution in [0.1, 0.15) is 6.92 Å². The zero-order valence-corrected chi connectivity index (χ0v) is 15.4. The molecule has 3 amide bonds. The van der Waals surface area contributed by atoms with E-state index in [1.165, 1.54) is 16.7 Å². The molecule has 1 saturated heterocycles. The molecule has 138 valence electrons. The molecule has 9 nitrogen and oxygen atoms in total. The van der Waals surface area contributed by atoms with Crippen molar-refractivity contribution in [2.75, 3.05) is 27.3 Å². The Kier molecular flexibility index (Phi) is 5.31. The van der Waals surface area contributed by atoms with Crippen LogP contribution < -0.4 is 14.8 Å². The number of H-pyrrole nitrogens is 1. The fourth-order valence-corrected chi connectivity index (χ4v) is 3.31. The Hall–Kier alpha value is -2.75. The van der Waals surface area contributed by atoms with E-state index in [1.54, 1.807) is 33.3 Å². The summed E-state index contributed by atoms with van der Waals surface area (Å²) >= 11 is 1.19. The van der Waals surface area contributed by atoms with Crippen LogP contribution in [-0.2, 0) is 4.79 Å². The molecule has 2 heterocycles. The first-order valence-electron chi connectivity index (χ1n) is 7.94. The van der Waals surface area contributed by atoms with Gasteiger partial charge in [-0.1, -0.05) is 11.8 Å². The minimum atomic E-state index is -0.486. The van der Waals surface area contributed by atoms with Gasteiger partial charge in [-0.2, -0.15) is 0 Å². The molecule has 0 bridgehead atoms. The van der Waals surface area contributed by atoms with Crippen LogP contribution in [0.5, 0.6) is 11.5 Å². The van der Waals surface area contributed by atoms with Crippen molar-refractivity contribution in [2.24, 2.45) is 0 Å². The van der Waals surface area contributed by atoms with Gasteiger partial charge in [0.05, 0.1) is 25.0 Å². The number of amides is 3. The Morgan fingerprint density at radius 2 is 2.15 bits per heavy atom. The lowest BCUT2D eigenvalue weighted by Crippen LogP contribution is -2.38. The summed E-state index contributed by atoms with van der Waals surface area (Å²) < 4.78 is 10.6. The molecule has 1 aliphatic rings. The molecule has 26 heavy (non-hydrogen) atoms. The maximum Gasteiger partial charge on any atom is 0.324 e. The summed E-state index contributed by atoms with van der Waals surface area (Å²) in [7, 11) is 3.14. The number of nitrogens with zero attached hydrogens (tertiary/aromatic N) is 3. The Balaban J connectivity index is 1.74. The number of carbonyl (C=O) groups excluding carboxylic acids is 2. The molecule has 3 rings (SSSR count). The van der Waals surface area contributed by atoms with E-state index in [4.69, 9.17) is 9.47 Å². The van der Waals surface area contributed by atoms with Crippen molar-refractivity contribution < 1.29 is 19.1 Å². The van der Waals surface area contributed by atoms with E-state index in [9.17, 15) is 9.59 Å². The number of imide groups is 1. The van der Waals surface area contributed by atoms with E-state index >= 15 is 0 Å². The van der Waals surface area contributed by atoms with Crippen LogP contribution in [0.25, 0.3) is 11.4 Å². The SMILES string of the molecule is COc1ccc(-c2nc(S[C@@H](C)C(=O)N3CCNC3=O)n[nH]2)c(OC)c1. The van der Waals surface area contributed by atoms with Crippen molar-refractivity contribution in [1.29, 1.82) is 0 Å². The van der Waals surface area contributed by atoms with Gasteiger partial charge in [-0.05, 0) is 19.1 Å². The van der Waals surface area contributed by atoms with Gasteiger partial charge < -0.3 is 14.8 Å². The highest BCUT2D eigenvalue weighted by Crippen LogP contribution is 2.32. The first-order valence-corrected chi connectivity index (χ1v) is 8.82. The lowest BCUT2D eigenvalue weighted by Gasteiger charge is -2.15. The van der Waals surface area contributed by atoms with Crippen LogP contribution in [0.2, 0.25) is 0 Å². The molecule has 1 fully saturated rings.